The Morgan fingerprint density at radius 3 is 2.52 bits per heavy atom. The third-order valence-corrected chi connectivity index (χ3v) is 6.77. The molecule has 0 saturated heterocycles. The number of carbonyl (C=O) groups excluding carboxylic acids is 1. The largest absolute Gasteiger partial charge is 0.481 e. The van der Waals surface area contributed by atoms with Gasteiger partial charge in [0.1, 0.15) is 5.02 Å². The number of carboxylic acid groups (broad SMARTS) is 1. The smallest absolute Gasteiger partial charge is 0.304 e. The van der Waals surface area contributed by atoms with E-state index in [0.717, 1.165) is 30.0 Å². The molecule has 1 aliphatic carbocycles. The van der Waals surface area contributed by atoms with Crippen molar-refractivity contribution in [2.75, 3.05) is 5.75 Å². The van der Waals surface area contributed by atoms with Crippen molar-refractivity contribution in [1.82, 2.24) is 0 Å². The SMILES string of the molecule is O=C(O)CCSC1=CC(=NS(=O)(=O)c2ccc(Cl)c([N+](=O)[O-])c2)c2ccccc2C1=O. The van der Waals surface area contributed by atoms with E-state index >= 15 is 0 Å². The van der Waals surface area contributed by atoms with Gasteiger partial charge in [-0.25, -0.2) is 0 Å². The Bertz CT molecular complexity index is 1270. The fourth-order valence-corrected chi connectivity index (χ4v) is 4.85. The van der Waals surface area contributed by atoms with E-state index in [0.29, 0.717) is 0 Å². The van der Waals surface area contributed by atoms with E-state index in [2.05, 4.69) is 4.40 Å². The first-order valence-electron chi connectivity index (χ1n) is 8.59. The fraction of sp³-hybridized carbons (Fsp3) is 0.105. The topological polar surface area (TPSA) is 144 Å². The maximum Gasteiger partial charge on any atom is 0.304 e. The van der Waals surface area contributed by atoms with Crippen LogP contribution in [0.25, 0.3) is 0 Å². The Labute approximate surface area is 185 Å². The zero-order chi connectivity index (χ0) is 22.8. The number of ketones is 1. The summed E-state index contributed by atoms with van der Waals surface area (Å²) >= 11 is 6.72. The molecule has 0 spiro atoms. The molecule has 0 unspecified atom stereocenters. The van der Waals surface area contributed by atoms with Gasteiger partial charge in [0.15, 0.2) is 5.78 Å². The Morgan fingerprint density at radius 1 is 1.19 bits per heavy atom. The number of hydrogen-bond acceptors (Lipinski definition) is 7. The van der Waals surface area contributed by atoms with E-state index in [4.69, 9.17) is 16.7 Å². The Kier molecular flexibility index (Phi) is 6.58. The minimum atomic E-state index is -4.38. The van der Waals surface area contributed by atoms with Gasteiger partial charge in [0, 0.05) is 22.9 Å². The maximum absolute atomic E-state index is 12.8. The molecule has 0 fully saturated rings. The summed E-state index contributed by atoms with van der Waals surface area (Å²) < 4.78 is 29.5. The quantitative estimate of drug-likeness (QED) is 0.466. The fourth-order valence-electron chi connectivity index (χ4n) is 2.71. The van der Waals surface area contributed by atoms with Crippen molar-refractivity contribution in [3.8, 4) is 0 Å². The third kappa shape index (κ3) is 5.01. The number of nitro groups is 1. The monoisotopic (exact) mass is 480 g/mol. The molecule has 0 aromatic heterocycles. The van der Waals surface area contributed by atoms with E-state index in [1.807, 2.05) is 0 Å². The maximum atomic E-state index is 12.8. The van der Waals surface area contributed by atoms with Gasteiger partial charge in [0.25, 0.3) is 15.7 Å². The van der Waals surface area contributed by atoms with Gasteiger partial charge in [-0.3, -0.25) is 19.7 Å². The summed E-state index contributed by atoms with van der Waals surface area (Å²) in [6.07, 6.45) is 1.09. The van der Waals surface area contributed by atoms with E-state index in [-0.39, 0.29) is 44.7 Å². The Balaban J connectivity index is 2.08. The molecule has 9 nitrogen and oxygen atoms in total. The van der Waals surface area contributed by atoms with Gasteiger partial charge in [0.05, 0.1) is 26.9 Å². The molecular weight excluding hydrogens is 468 g/mol. The molecule has 1 N–H and O–H groups in total. The molecule has 2 aromatic carbocycles. The second-order valence-electron chi connectivity index (χ2n) is 6.20. The molecule has 0 radical (unpaired) electrons. The van der Waals surface area contributed by atoms with Gasteiger partial charge in [-0.2, -0.15) is 12.8 Å². The number of fused-ring (bicyclic) bond motifs is 1. The summed E-state index contributed by atoms with van der Waals surface area (Å²) in [5.74, 6) is -1.29. The summed E-state index contributed by atoms with van der Waals surface area (Å²) in [5.41, 5.74) is -0.116. The molecular formula is C19H13ClN2O7S2. The first-order chi connectivity index (χ1) is 14.6. The average molecular weight is 481 g/mol. The molecule has 2 aromatic rings. The van der Waals surface area contributed by atoms with Crippen molar-refractivity contribution in [3.05, 3.63) is 79.7 Å². The van der Waals surface area contributed by atoms with E-state index in [1.165, 1.54) is 18.2 Å². The molecule has 0 atom stereocenters. The zero-order valence-corrected chi connectivity index (χ0v) is 17.9. The number of nitrogens with zero attached hydrogens (tertiary/aromatic N) is 2. The summed E-state index contributed by atoms with van der Waals surface area (Å²) in [4.78, 5) is 33.4. The number of halogens is 1. The minimum absolute atomic E-state index is 0.0365. The highest BCUT2D eigenvalue weighted by Crippen LogP contribution is 2.31. The number of allylic oxidation sites excluding steroid dienone is 2. The van der Waals surface area contributed by atoms with E-state index < -0.39 is 31.5 Å². The van der Waals surface area contributed by atoms with Crippen LogP contribution >= 0.6 is 23.4 Å². The second kappa shape index (κ2) is 9.00. The number of nitro benzene ring substituents is 1. The Morgan fingerprint density at radius 2 is 1.87 bits per heavy atom. The summed E-state index contributed by atoms with van der Waals surface area (Å²) in [7, 11) is -4.38. The molecule has 0 amide bonds. The van der Waals surface area contributed by atoms with Gasteiger partial charge < -0.3 is 5.11 Å². The van der Waals surface area contributed by atoms with Gasteiger partial charge in [-0.15, -0.1) is 11.8 Å². The standard InChI is InChI=1S/C19H13ClN2O7S2/c20-14-6-5-11(9-16(14)22(26)27)31(28,29)21-15-10-17(30-8-7-18(23)24)19(25)13-4-2-1-3-12(13)15/h1-6,9-10H,7-8H2,(H,23,24). The van der Waals surface area contributed by atoms with Crippen molar-refractivity contribution in [1.29, 1.82) is 0 Å². The zero-order valence-electron chi connectivity index (χ0n) is 15.5. The highest BCUT2D eigenvalue weighted by atomic mass is 35.5. The third-order valence-electron chi connectivity index (χ3n) is 4.14. The van der Waals surface area contributed by atoms with E-state index in [1.54, 1.807) is 12.1 Å². The van der Waals surface area contributed by atoms with Gasteiger partial charge in [0.2, 0.25) is 0 Å². The highest BCUT2D eigenvalue weighted by molar-refractivity contribution is 8.04. The number of carbonyl (C=O) groups is 2. The van der Waals surface area contributed by atoms with Crippen LogP contribution in [0.5, 0.6) is 0 Å². The average Bonchev–Trinajstić information content (AvgIpc) is 2.70. The minimum Gasteiger partial charge on any atom is -0.481 e. The number of hydrogen-bond donors (Lipinski definition) is 1. The summed E-state index contributed by atoms with van der Waals surface area (Å²) in [6.45, 7) is 0. The van der Waals surface area contributed by atoms with Crippen LogP contribution < -0.4 is 0 Å². The lowest BCUT2D eigenvalue weighted by atomic mass is 9.94. The molecule has 12 heteroatoms. The predicted octanol–water partition coefficient (Wildman–Crippen LogP) is 3.71. The van der Waals surface area contributed by atoms with Crippen molar-refractivity contribution < 1.29 is 28.0 Å². The van der Waals surface area contributed by atoms with E-state index in [9.17, 15) is 28.1 Å². The lowest BCUT2D eigenvalue weighted by Gasteiger charge is -2.17. The normalized spacial score (nSPS) is 14.8. The second-order valence-corrected chi connectivity index (χ2v) is 9.35. The van der Waals surface area contributed by atoms with Crippen molar-refractivity contribution in [2.24, 2.45) is 4.40 Å². The number of carboxylic acids is 1. The van der Waals surface area contributed by atoms with Crippen LogP contribution in [0.1, 0.15) is 22.3 Å². The number of thioether (sulfide) groups is 1. The lowest BCUT2D eigenvalue weighted by molar-refractivity contribution is -0.384. The van der Waals surface area contributed by atoms with Crippen molar-refractivity contribution in [2.45, 2.75) is 11.3 Å². The predicted molar refractivity (Wildman–Crippen MR) is 115 cm³/mol. The molecule has 0 saturated carbocycles. The van der Waals surface area contributed by atoms with Crippen LogP contribution in [-0.4, -0.2) is 41.7 Å². The number of Topliss-reactive ketones (excluding diaryl/α,β-unsaturated/α-hetero) is 1. The number of aliphatic carboxylic acids is 1. The first-order valence-corrected chi connectivity index (χ1v) is 11.4. The van der Waals surface area contributed by atoms with Gasteiger partial charge in [-0.1, -0.05) is 35.9 Å². The molecule has 3 rings (SSSR count). The van der Waals surface area contributed by atoms with Crippen molar-refractivity contribution in [3.63, 3.8) is 0 Å². The lowest BCUT2D eigenvalue weighted by Crippen LogP contribution is -2.18. The Hall–Kier alpha value is -3.02. The summed E-state index contributed by atoms with van der Waals surface area (Å²) in [5, 5.41) is 19.7. The summed E-state index contributed by atoms with van der Waals surface area (Å²) in [6, 6.07) is 9.26. The van der Waals surface area contributed by atoms with Crippen molar-refractivity contribution >= 4 is 56.5 Å². The number of sulfonamides is 1. The molecule has 0 heterocycles. The van der Waals surface area contributed by atoms with Crippen LogP contribution in [0.2, 0.25) is 5.02 Å². The highest BCUT2D eigenvalue weighted by Gasteiger charge is 2.27. The number of rotatable bonds is 7. The van der Waals surface area contributed by atoms with Crippen LogP contribution in [0.3, 0.4) is 0 Å². The van der Waals surface area contributed by atoms with Crippen LogP contribution in [0.15, 0.2) is 62.7 Å². The molecule has 160 valence electrons. The van der Waals surface area contributed by atoms with Gasteiger partial charge >= 0.3 is 5.97 Å². The number of benzene rings is 2. The van der Waals surface area contributed by atoms with Crippen LogP contribution in [0.4, 0.5) is 5.69 Å². The first kappa shape index (κ1) is 22.7. The molecule has 31 heavy (non-hydrogen) atoms. The molecule has 1 aliphatic rings. The molecule has 0 aliphatic heterocycles. The van der Waals surface area contributed by atoms with Crippen LogP contribution in [0, 0.1) is 10.1 Å². The van der Waals surface area contributed by atoms with Crippen LogP contribution in [-0.2, 0) is 14.8 Å². The van der Waals surface area contributed by atoms with Gasteiger partial charge in [-0.05, 0) is 18.2 Å². The molecule has 0 bridgehead atoms.